The number of allylic oxidation sites excluding steroid dienone is 1. The van der Waals surface area contributed by atoms with Gasteiger partial charge in [0.15, 0.2) is 0 Å². The third kappa shape index (κ3) is 3.24. The van der Waals surface area contributed by atoms with Crippen molar-refractivity contribution in [2.24, 2.45) is 0 Å². The highest BCUT2D eigenvalue weighted by Gasteiger charge is 2.20. The van der Waals surface area contributed by atoms with Crippen molar-refractivity contribution in [3.8, 4) is 0 Å². The molecule has 0 aromatic carbocycles. The summed E-state index contributed by atoms with van der Waals surface area (Å²) >= 11 is 0. The molecule has 1 aliphatic carbocycles. The van der Waals surface area contributed by atoms with Crippen LogP contribution in [0.1, 0.15) is 32.1 Å². The van der Waals surface area contributed by atoms with Crippen molar-refractivity contribution >= 4 is 5.69 Å². The molecule has 6 heteroatoms. The van der Waals surface area contributed by atoms with E-state index in [9.17, 15) is 17.6 Å². The summed E-state index contributed by atoms with van der Waals surface area (Å²) in [6, 6.07) is 0. The Kier molecular flexibility index (Phi) is 4.39. The number of hydrogen-bond acceptors (Lipinski definition) is 2. The van der Waals surface area contributed by atoms with Crippen LogP contribution in [0.15, 0.2) is 11.6 Å². The van der Waals surface area contributed by atoms with Crippen molar-refractivity contribution in [2.75, 3.05) is 11.9 Å². The van der Waals surface area contributed by atoms with Gasteiger partial charge in [-0.1, -0.05) is 11.6 Å². The second kappa shape index (κ2) is 6.04. The lowest BCUT2D eigenvalue weighted by Crippen LogP contribution is -2.11. The fraction of sp³-hybridized carbons (Fsp3) is 0.462. The number of anilines is 1. The van der Waals surface area contributed by atoms with Gasteiger partial charge in [-0.15, -0.1) is 0 Å². The SMILES string of the molecule is Fc1nc(F)c(F)c(NCCC2=CCCCC2)c1F. The Balaban J connectivity index is 2.01. The van der Waals surface area contributed by atoms with Crippen LogP contribution < -0.4 is 5.32 Å². The lowest BCUT2D eigenvalue weighted by Gasteiger charge is -2.14. The first kappa shape index (κ1) is 13.8. The second-order valence-electron chi connectivity index (χ2n) is 4.48. The summed E-state index contributed by atoms with van der Waals surface area (Å²) in [5.41, 5.74) is 0.413. The molecule has 104 valence electrons. The molecule has 0 saturated heterocycles. The highest BCUT2D eigenvalue weighted by molar-refractivity contribution is 5.45. The van der Waals surface area contributed by atoms with Gasteiger partial charge >= 0.3 is 0 Å². The van der Waals surface area contributed by atoms with Gasteiger partial charge in [0.1, 0.15) is 5.69 Å². The molecule has 0 saturated carbocycles. The van der Waals surface area contributed by atoms with Gasteiger partial charge in [-0.05, 0) is 32.1 Å². The van der Waals surface area contributed by atoms with E-state index in [2.05, 4.69) is 16.4 Å². The van der Waals surface area contributed by atoms with Crippen LogP contribution in [0.4, 0.5) is 23.2 Å². The lowest BCUT2D eigenvalue weighted by molar-refractivity contribution is 0.410. The Hall–Kier alpha value is -1.59. The van der Waals surface area contributed by atoms with E-state index in [1.165, 1.54) is 5.57 Å². The van der Waals surface area contributed by atoms with Crippen molar-refractivity contribution in [1.82, 2.24) is 4.98 Å². The van der Waals surface area contributed by atoms with Crippen LogP contribution in [0, 0.1) is 23.5 Å². The van der Waals surface area contributed by atoms with Crippen LogP contribution in [0.3, 0.4) is 0 Å². The van der Waals surface area contributed by atoms with Crippen LogP contribution in [0.2, 0.25) is 0 Å². The Labute approximate surface area is 108 Å². The predicted molar refractivity (Wildman–Crippen MR) is 63.7 cm³/mol. The van der Waals surface area contributed by atoms with Gasteiger partial charge in [0, 0.05) is 6.54 Å². The van der Waals surface area contributed by atoms with Crippen LogP contribution >= 0.6 is 0 Å². The van der Waals surface area contributed by atoms with E-state index in [1.807, 2.05) is 0 Å². The zero-order valence-electron chi connectivity index (χ0n) is 10.3. The Morgan fingerprint density at radius 2 is 1.74 bits per heavy atom. The molecule has 0 aliphatic heterocycles. The van der Waals surface area contributed by atoms with Crippen molar-refractivity contribution < 1.29 is 17.6 Å². The van der Waals surface area contributed by atoms with E-state index >= 15 is 0 Å². The minimum absolute atomic E-state index is 0.225. The number of pyridine rings is 1. The summed E-state index contributed by atoms with van der Waals surface area (Å²) in [5, 5.41) is 2.40. The number of nitrogens with one attached hydrogen (secondary N) is 1. The molecule has 19 heavy (non-hydrogen) atoms. The summed E-state index contributed by atoms with van der Waals surface area (Å²) < 4.78 is 52.3. The number of nitrogens with zero attached hydrogens (tertiary/aromatic N) is 1. The number of aromatic nitrogens is 1. The van der Waals surface area contributed by atoms with E-state index in [4.69, 9.17) is 0 Å². The lowest BCUT2D eigenvalue weighted by atomic mass is 9.97. The van der Waals surface area contributed by atoms with Gasteiger partial charge in [0.2, 0.25) is 11.6 Å². The van der Waals surface area contributed by atoms with Crippen molar-refractivity contribution in [3.05, 3.63) is 35.2 Å². The largest absolute Gasteiger partial charge is 0.380 e. The molecule has 0 spiro atoms. The molecule has 0 atom stereocenters. The smallest absolute Gasteiger partial charge is 0.253 e. The third-order valence-electron chi connectivity index (χ3n) is 3.13. The zero-order valence-corrected chi connectivity index (χ0v) is 10.3. The van der Waals surface area contributed by atoms with E-state index in [0.29, 0.717) is 6.42 Å². The molecule has 1 aliphatic rings. The molecule has 1 N–H and O–H groups in total. The maximum absolute atomic E-state index is 13.3. The molecule has 0 fully saturated rings. The molecule has 0 bridgehead atoms. The van der Waals surface area contributed by atoms with E-state index < -0.39 is 29.2 Å². The first-order valence-corrected chi connectivity index (χ1v) is 6.21. The van der Waals surface area contributed by atoms with Gasteiger partial charge in [-0.3, -0.25) is 0 Å². The maximum atomic E-state index is 13.3. The molecule has 2 rings (SSSR count). The Bertz CT molecular complexity index is 474. The van der Waals surface area contributed by atoms with Crippen LogP contribution in [-0.2, 0) is 0 Å². The monoisotopic (exact) mass is 274 g/mol. The van der Waals surface area contributed by atoms with Gasteiger partial charge < -0.3 is 5.32 Å². The van der Waals surface area contributed by atoms with Crippen LogP contribution in [0.25, 0.3) is 0 Å². The maximum Gasteiger partial charge on any atom is 0.253 e. The van der Waals surface area contributed by atoms with E-state index in [0.717, 1.165) is 25.7 Å². The average Bonchev–Trinajstić information content (AvgIpc) is 2.42. The molecule has 0 amide bonds. The minimum Gasteiger partial charge on any atom is -0.380 e. The Morgan fingerprint density at radius 1 is 1.05 bits per heavy atom. The fourth-order valence-electron chi connectivity index (χ4n) is 2.12. The second-order valence-corrected chi connectivity index (χ2v) is 4.48. The van der Waals surface area contributed by atoms with E-state index in [1.54, 1.807) is 0 Å². The zero-order chi connectivity index (χ0) is 13.8. The number of hydrogen-bond donors (Lipinski definition) is 1. The third-order valence-corrected chi connectivity index (χ3v) is 3.13. The van der Waals surface area contributed by atoms with Crippen LogP contribution in [0.5, 0.6) is 0 Å². The normalized spacial score (nSPS) is 15.3. The molecule has 1 heterocycles. The van der Waals surface area contributed by atoms with Gasteiger partial charge in [-0.2, -0.15) is 22.5 Å². The molecule has 1 aromatic heterocycles. The first-order valence-electron chi connectivity index (χ1n) is 6.21. The molecular weight excluding hydrogens is 260 g/mol. The summed E-state index contributed by atoms with van der Waals surface area (Å²) in [6.45, 7) is 0.225. The Morgan fingerprint density at radius 3 is 2.32 bits per heavy atom. The van der Waals surface area contributed by atoms with Crippen molar-refractivity contribution in [3.63, 3.8) is 0 Å². The molecule has 0 radical (unpaired) electrons. The average molecular weight is 274 g/mol. The van der Waals surface area contributed by atoms with Crippen molar-refractivity contribution in [2.45, 2.75) is 32.1 Å². The minimum atomic E-state index is -1.64. The molecule has 0 unspecified atom stereocenters. The number of halogens is 4. The summed E-state index contributed by atoms with van der Waals surface area (Å²) in [7, 11) is 0. The van der Waals surface area contributed by atoms with Gasteiger partial charge in [0.25, 0.3) is 11.9 Å². The predicted octanol–water partition coefficient (Wildman–Crippen LogP) is 3.94. The summed E-state index contributed by atoms with van der Waals surface area (Å²) in [6.07, 6.45) is 6.94. The van der Waals surface area contributed by atoms with Crippen molar-refractivity contribution in [1.29, 1.82) is 0 Å². The van der Waals surface area contributed by atoms with E-state index in [-0.39, 0.29) is 6.54 Å². The topological polar surface area (TPSA) is 24.9 Å². The summed E-state index contributed by atoms with van der Waals surface area (Å²) in [4.78, 5) is 2.50. The molecule has 2 nitrogen and oxygen atoms in total. The highest BCUT2D eigenvalue weighted by atomic mass is 19.2. The molecular formula is C13H14F4N2. The van der Waals surface area contributed by atoms with Gasteiger partial charge in [-0.25, -0.2) is 0 Å². The standard InChI is InChI=1S/C13H14F4N2/c14-9-11(10(15)13(17)19-12(9)16)18-7-6-8-4-2-1-3-5-8/h4H,1-3,5-7H2,(H,18,19). The highest BCUT2D eigenvalue weighted by Crippen LogP contribution is 2.23. The van der Waals surface area contributed by atoms with Gasteiger partial charge in [0.05, 0.1) is 0 Å². The first-order chi connectivity index (χ1) is 9.09. The fourth-order valence-corrected chi connectivity index (χ4v) is 2.12. The summed E-state index contributed by atoms with van der Waals surface area (Å²) in [5.74, 6) is -6.26. The quantitative estimate of drug-likeness (QED) is 0.511. The number of rotatable bonds is 4. The van der Waals surface area contributed by atoms with Crippen LogP contribution in [-0.4, -0.2) is 11.5 Å². The molecule has 1 aromatic rings.